The van der Waals surface area contributed by atoms with Crippen LogP contribution in [0.2, 0.25) is 0 Å². The molecule has 0 bridgehead atoms. The molecular formula is C7H15N3O6S. The molecule has 1 atom stereocenters. The molecule has 0 saturated carbocycles. The van der Waals surface area contributed by atoms with Crippen LogP contribution >= 0.6 is 0 Å². The van der Waals surface area contributed by atoms with E-state index in [1.807, 2.05) is 4.72 Å². The van der Waals surface area contributed by atoms with Crippen LogP contribution in [0.1, 0.15) is 6.42 Å². The van der Waals surface area contributed by atoms with E-state index >= 15 is 0 Å². The van der Waals surface area contributed by atoms with Crippen molar-refractivity contribution in [2.24, 2.45) is 5.73 Å². The molecule has 0 spiro atoms. The zero-order valence-corrected chi connectivity index (χ0v) is 9.98. The molecule has 0 rings (SSSR count). The second-order valence-electron chi connectivity index (χ2n) is 3.24. The number of carbonyl (C=O) groups excluding carboxylic acids is 1. The van der Waals surface area contributed by atoms with E-state index in [-0.39, 0.29) is 13.0 Å². The fourth-order valence-electron chi connectivity index (χ4n) is 0.768. The molecule has 0 aromatic rings. The van der Waals surface area contributed by atoms with Gasteiger partial charge in [0.25, 0.3) is 10.2 Å². The standard InChI is InChI=1S/C7H15N3O6S/c1-10(3-2-6(12)13)17(15,16)9-4-5(11)7(8)14/h5,9,11H,2-4H2,1H3,(H2,8,14)(H,12,13). The van der Waals surface area contributed by atoms with Gasteiger partial charge in [0, 0.05) is 20.1 Å². The Kier molecular flexibility index (Phi) is 6.02. The van der Waals surface area contributed by atoms with E-state index in [4.69, 9.17) is 15.9 Å². The van der Waals surface area contributed by atoms with Gasteiger partial charge in [0.05, 0.1) is 6.42 Å². The summed E-state index contributed by atoms with van der Waals surface area (Å²) < 4.78 is 25.5. The van der Waals surface area contributed by atoms with Crippen LogP contribution in [0, 0.1) is 0 Å². The summed E-state index contributed by atoms with van der Waals surface area (Å²) in [7, 11) is -2.76. The normalized spacial score (nSPS) is 13.6. The van der Waals surface area contributed by atoms with Gasteiger partial charge in [-0.25, -0.2) is 0 Å². The van der Waals surface area contributed by atoms with Gasteiger partial charge in [-0.05, 0) is 0 Å². The number of nitrogens with two attached hydrogens (primary N) is 1. The molecule has 17 heavy (non-hydrogen) atoms. The fraction of sp³-hybridized carbons (Fsp3) is 0.714. The van der Waals surface area contributed by atoms with Crippen molar-refractivity contribution < 1.29 is 28.2 Å². The van der Waals surface area contributed by atoms with Crippen LogP contribution in [-0.2, 0) is 19.8 Å². The number of nitrogens with one attached hydrogen (secondary N) is 1. The number of amides is 1. The van der Waals surface area contributed by atoms with E-state index in [0.717, 1.165) is 4.31 Å². The Hall–Kier alpha value is -1.23. The minimum Gasteiger partial charge on any atom is -0.481 e. The molecule has 0 radical (unpaired) electrons. The lowest BCUT2D eigenvalue weighted by molar-refractivity contribution is -0.137. The number of nitrogens with zero attached hydrogens (tertiary/aromatic N) is 1. The van der Waals surface area contributed by atoms with Crippen LogP contribution < -0.4 is 10.5 Å². The van der Waals surface area contributed by atoms with Crippen molar-refractivity contribution in [3.8, 4) is 0 Å². The number of aliphatic carboxylic acids is 1. The number of primary amides is 1. The lowest BCUT2D eigenvalue weighted by atomic mass is 10.3. The average molecular weight is 269 g/mol. The molecule has 1 unspecified atom stereocenters. The lowest BCUT2D eigenvalue weighted by Gasteiger charge is -2.17. The largest absolute Gasteiger partial charge is 0.481 e. The summed E-state index contributed by atoms with van der Waals surface area (Å²) in [5, 5.41) is 17.4. The first-order chi connectivity index (χ1) is 7.66. The van der Waals surface area contributed by atoms with E-state index in [1.165, 1.54) is 7.05 Å². The van der Waals surface area contributed by atoms with Gasteiger partial charge in [0.2, 0.25) is 5.91 Å². The Bertz CT molecular complexity index is 381. The van der Waals surface area contributed by atoms with Crippen molar-refractivity contribution in [1.29, 1.82) is 0 Å². The number of hydrogen-bond acceptors (Lipinski definition) is 5. The molecule has 0 heterocycles. The van der Waals surface area contributed by atoms with Crippen LogP contribution in [0.15, 0.2) is 0 Å². The maximum Gasteiger partial charge on any atom is 0.304 e. The maximum atomic E-state index is 11.4. The van der Waals surface area contributed by atoms with Crippen molar-refractivity contribution >= 4 is 22.1 Å². The van der Waals surface area contributed by atoms with E-state index in [2.05, 4.69) is 0 Å². The summed E-state index contributed by atoms with van der Waals surface area (Å²) in [6.07, 6.45) is -1.98. The molecule has 10 heteroatoms. The van der Waals surface area contributed by atoms with Crippen LogP contribution in [0.5, 0.6) is 0 Å². The first-order valence-electron chi connectivity index (χ1n) is 4.57. The topological polar surface area (TPSA) is 150 Å². The van der Waals surface area contributed by atoms with E-state index in [1.54, 1.807) is 0 Å². The van der Waals surface area contributed by atoms with Gasteiger partial charge in [0.15, 0.2) is 0 Å². The Balaban J connectivity index is 4.28. The van der Waals surface area contributed by atoms with Gasteiger partial charge in [-0.3, -0.25) is 9.59 Å². The van der Waals surface area contributed by atoms with Crippen LogP contribution in [0.4, 0.5) is 0 Å². The molecule has 0 aliphatic rings. The van der Waals surface area contributed by atoms with Gasteiger partial charge in [-0.2, -0.15) is 17.4 Å². The summed E-state index contributed by atoms with van der Waals surface area (Å²) in [5.41, 5.74) is 4.72. The minimum absolute atomic E-state index is 0.225. The predicted molar refractivity (Wildman–Crippen MR) is 57.0 cm³/mol. The molecule has 9 nitrogen and oxygen atoms in total. The number of carboxylic acids is 1. The smallest absolute Gasteiger partial charge is 0.304 e. The van der Waals surface area contributed by atoms with Crippen molar-refractivity contribution in [2.75, 3.05) is 20.1 Å². The average Bonchev–Trinajstić information content (AvgIpc) is 2.22. The lowest BCUT2D eigenvalue weighted by Crippen LogP contribution is -2.45. The minimum atomic E-state index is -3.93. The highest BCUT2D eigenvalue weighted by molar-refractivity contribution is 7.87. The van der Waals surface area contributed by atoms with Gasteiger partial charge < -0.3 is 15.9 Å². The zero-order valence-electron chi connectivity index (χ0n) is 9.16. The van der Waals surface area contributed by atoms with Crippen molar-refractivity contribution in [3.63, 3.8) is 0 Å². The molecule has 0 aliphatic heterocycles. The van der Waals surface area contributed by atoms with Crippen molar-refractivity contribution in [1.82, 2.24) is 9.03 Å². The number of hydrogen-bond donors (Lipinski definition) is 4. The highest BCUT2D eigenvalue weighted by atomic mass is 32.2. The van der Waals surface area contributed by atoms with E-state index in [9.17, 15) is 18.0 Å². The Morgan fingerprint density at radius 2 is 2.00 bits per heavy atom. The van der Waals surface area contributed by atoms with Gasteiger partial charge in [0.1, 0.15) is 6.10 Å². The van der Waals surface area contributed by atoms with Crippen LogP contribution in [0.3, 0.4) is 0 Å². The fourth-order valence-corrected chi connectivity index (χ4v) is 1.69. The molecule has 0 fully saturated rings. The SMILES string of the molecule is CN(CCC(=O)O)S(=O)(=O)NCC(O)C(N)=O. The van der Waals surface area contributed by atoms with Crippen LogP contribution in [0.25, 0.3) is 0 Å². The number of aliphatic hydroxyl groups excluding tert-OH is 1. The third-order valence-electron chi connectivity index (χ3n) is 1.84. The van der Waals surface area contributed by atoms with E-state index < -0.39 is 34.7 Å². The number of carbonyl (C=O) groups is 2. The first-order valence-corrected chi connectivity index (χ1v) is 6.01. The second-order valence-corrected chi connectivity index (χ2v) is 5.10. The molecule has 0 aromatic heterocycles. The number of rotatable bonds is 8. The molecule has 5 N–H and O–H groups in total. The summed E-state index contributed by atoms with van der Waals surface area (Å²) in [6, 6.07) is 0. The van der Waals surface area contributed by atoms with Gasteiger partial charge >= 0.3 is 5.97 Å². The quantitative estimate of drug-likeness (QED) is 0.370. The van der Waals surface area contributed by atoms with Crippen molar-refractivity contribution in [2.45, 2.75) is 12.5 Å². The Morgan fingerprint density at radius 1 is 1.47 bits per heavy atom. The zero-order chi connectivity index (χ0) is 13.6. The molecular weight excluding hydrogens is 254 g/mol. The number of carboxylic acid groups (broad SMARTS) is 1. The maximum absolute atomic E-state index is 11.4. The monoisotopic (exact) mass is 269 g/mol. The third kappa shape index (κ3) is 6.16. The molecule has 100 valence electrons. The summed E-state index contributed by atoms with van der Waals surface area (Å²) >= 11 is 0. The number of aliphatic hydroxyl groups is 1. The summed E-state index contributed by atoms with van der Waals surface area (Å²) in [4.78, 5) is 20.7. The first kappa shape index (κ1) is 15.8. The molecule has 0 saturated heterocycles. The molecule has 0 aliphatic carbocycles. The Labute approximate surface area is 98.4 Å². The highest BCUT2D eigenvalue weighted by Gasteiger charge is 2.20. The highest BCUT2D eigenvalue weighted by Crippen LogP contribution is 1.96. The second kappa shape index (κ2) is 6.49. The summed E-state index contributed by atoms with van der Waals surface area (Å²) in [5.74, 6) is -2.19. The molecule has 0 aromatic carbocycles. The van der Waals surface area contributed by atoms with Crippen LogP contribution in [-0.4, -0.2) is 61.1 Å². The predicted octanol–water partition coefficient (Wildman–Crippen LogP) is -2.93. The third-order valence-corrected chi connectivity index (χ3v) is 3.37. The van der Waals surface area contributed by atoms with E-state index in [0.29, 0.717) is 0 Å². The van der Waals surface area contributed by atoms with Gasteiger partial charge in [-0.1, -0.05) is 0 Å². The Morgan fingerprint density at radius 3 is 2.41 bits per heavy atom. The van der Waals surface area contributed by atoms with Crippen molar-refractivity contribution in [3.05, 3.63) is 0 Å². The molecule has 1 amide bonds. The van der Waals surface area contributed by atoms with Gasteiger partial charge in [-0.15, -0.1) is 0 Å². The summed E-state index contributed by atoms with van der Waals surface area (Å²) in [6.45, 7) is -0.785.